The number of hydrogen-bond donors (Lipinski definition) is 0. The van der Waals surface area contributed by atoms with Gasteiger partial charge in [-0.15, -0.1) is 0 Å². The summed E-state index contributed by atoms with van der Waals surface area (Å²) in [5.41, 5.74) is 10.4. The van der Waals surface area contributed by atoms with Crippen LogP contribution in [0.3, 0.4) is 0 Å². The number of ketones is 2. The van der Waals surface area contributed by atoms with Gasteiger partial charge in [-0.05, 0) is 70.2 Å². The van der Waals surface area contributed by atoms with Crippen LogP contribution in [0.5, 0.6) is 0 Å². The van der Waals surface area contributed by atoms with Crippen molar-refractivity contribution in [1.29, 1.82) is 0 Å². The van der Waals surface area contributed by atoms with Crippen LogP contribution in [0, 0.1) is 0 Å². The SMILES string of the molecule is C=C1CC(=O)c2c3ccc(c21)CCc1ccc(c2c1C(=O)CC2=C)CC3. The van der Waals surface area contributed by atoms with E-state index in [0.717, 1.165) is 70.2 Å². The Balaban J connectivity index is 1.71. The number of fused-ring (bicyclic) bond motifs is 4. The van der Waals surface area contributed by atoms with Gasteiger partial charge in [-0.25, -0.2) is 0 Å². The van der Waals surface area contributed by atoms with Gasteiger partial charge >= 0.3 is 0 Å². The highest BCUT2D eigenvalue weighted by Gasteiger charge is 2.31. The molecule has 0 heterocycles. The molecule has 4 aliphatic carbocycles. The molecule has 0 unspecified atom stereocenters. The molecule has 2 heteroatoms. The van der Waals surface area contributed by atoms with Crippen LogP contribution < -0.4 is 0 Å². The van der Waals surface area contributed by atoms with E-state index in [0.29, 0.717) is 12.8 Å². The molecule has 4 aliphatic rings. The fourth-order valence-corrected chi connectivity index (χ4v) is 4.94. The van der Waals surface area contributed by atoms with Crippen LogP contribution in [0.25, 0.3) is 11.1 Å². The van der Waals surface area contributed by atoms with Gasteiger partial charge in [0.25, 0.3) is 0 Å². The van der Waals surface area contributed by atoms with E-state index in [1.807, 2.05) is 0 Å². The molecule has 6 rings (SSSR count). The van der Waals surface area contributed by atoms with Crippen molar-refractivity contribution in [3.8, 4) is 0 Å². The number of hydrogen-bond acceptors (Lipinski definition) is 2. The number of allylic oxidation sites excluding steroid dienone is 2. The second kappa shape index (κ2) is 5.38. The van der Waals surface area contributed by atoms with Crippen LogP contribution in [0.4, 0.5) is 0 Å². The zero-order valence-corrected chi connectivity index (χ0v) is 14.8. The predicted octanol–water partition coefficient (Wildman–Crippen LogP) is 4.77. The summed E-state index contributed by atoms with van der Waals surface area (Å²) in [7, 11) is 0. The van der Waals surface area contributed by atoms with E-state index in [1.54, 1.807) is 0 Å². The number of aryl methyl sites for hydroxylation is 4. The third-order valence-corrected chi connectivity index (χ3v) is 6.10. The molecule has 0 N–H and O–H groups in total. The number of Topliss-reactive ketones (excluding diaryl/α,β-unsaturated/α-hetero) is 2. The zero-order valence-electron chi connectivity index (χ0n) is 14.8. The molecule has 2 aromatic rings. The summed E-state index contributed by atoms with van der Waals surface area (Å²) in [6.07, 6.45) is 4.12. The van der Waals surface area contributed by atoms with Gasteiger partial charge in [-0.3, -0.25) is 9.59 Å². The van der Waals surface area contributed by atoms with Crippen LogP contribution in [0.1, 0.15) is 66.9 Å². The summed E-state index contributed by atoms with van der Waals surface area (Å²) in [5, 5.41) is 0. The monoisotopic (exact) mass is 340 g/mol. The number of rotatable bonds is 0. The van der Waals surface area contributed by atoms with Crippen molar-refractivity contribution in [3.05, 3.63) is 81.9 Å². The lowest BCUT2D eigenvalue weighted by Crippen LogP contribution is -2.09. The Kier molecular flexibility index (Phi) is 3.21. The van der Waals surface area contributed by atoms with Gasteiger partial charge in [0.2, 0.25) is 0 Å². The topological polar surface area (TPSA) is 34.1 Å². The number of carbonyl (C=O) groups is 2. The predicted molar refractivity (Wildman–Crippen MR) is 104 cm³/mol. The average molecular weight is 340 g/mol. The van der Waals surface area contributed by atoms with E-state index >= 15 is 0 Å². The van der Waals surface area contributed by atoms with Crippen molar-refractivity contribution in [2.75, 3.05) is 0 Å². The van der Waals surface area contributed by atoms with Crippen molar-refractivity contribution < 1.29 is 9.59 Å². The van der Waals surface area contributed by atoms with E-state index in [1.165, 1.54) is 11.1 Å². The molecule has 0 fully saturated rings. The summed E-state index contributed by atoms with van der Waals surface area (Å²) in [4.78, 5) is 25.2. The van der Waals surface area contributed by atoms with Crippen molar-refractivity contribution in [3.63, 3.8) is 0 Å². The first-order valence-electron chi connectivity index (χ1n) is 9.27. The normalized spacial score (nSPS) is 18.2. The molecular weight excluding hydrogens is 320 g/mol. The first-order valence-corrected chi connectivity index (χ1v) is 9.27. The van der Waals surface area contributed by atoms with Gasteiger partial charge in [0, 0.05) is 24.0 Å². The molecule has 0 spiro atoms. The highest BCUT2D eigenvalue weighted by atomic mass is 16.1. The Bertz CT molecular complexity index is 885. The molecule has 2 nitrogen and oxygen atoms in total. The lowest BCUT2D eigenvalue weighted by molar-refractivity contribution is 0.0995. The minimum atomic E-state index is 0.206. The molecule has 2 aromatic carbocycles. The van der Waals surface area contributed by atoms with Gasteiger partial charge in [0.15, 0.2) is 11.6 Å². The van der Waals surface area contributed by atoms with Gasteiger partial charge < -0.3 is 0 Å². The molecule has 0 atom stereocenters. The van der Waals surface area contributed by atoms with Crippen molar-refractivity contribution >= 4 is 22.7 Å². The molecular formula is C24H20O2. The summed E-state index contributed by atoms with van der Waals surface area (Å²) < 4.78 is 0. The second-order valence-electron chi connectivity index (χ2n) is 7.67. The molecule has 26 heavy (non-hydrogen) atoms. The quantitative estimate of drug-likeness (QED) is 0.692. The van der Waals surface area contributed by atoms with Gasteiger partial charge in [-0.1, -0.05) is 37.4 Å². The van der Waals surface area contributed by atoms with E-state index in [2.05, 4.69) is 37.4 Å². The Labute approximate surface area is 153 Å². The van der Waals surface area contributed by atoms with E-state index in [-0.39, 0.29) is 11.6 Å². The van der Waals surface area contributed by atoms with E-state index < -0.39 is 0 Å². The van der Waals surface area contributed by atoms with Crippen LogP contribution in [0.2, 0.25) is 0 Å². The molecule has 0 aromatic heterocycles. The maximum Gasteiger partial charge on any atom is 0.168 e. The lowest BCUT2D eigenvalue weighted by Gasteiger charge is -2.18. The largest absolute Gasteiger partial charge is 0.294 e. The second-order valence-corrected chi connectivity index (χ2v) is 7.67. The fraction of sp³-hybridized carbons (Fsp3) is 0.250. The van der Waals surface area contributed by atoms with Gasteiger partial charge in [-0.2, -0.15) is 0 Å². The molecule has 0 saturated heterocycles. The highest BCUT2D eigenvalue weighted by Crippen LogP contribution is 2.40. The number of benzene rings is 2. The highest BCUT2D eigenvalue weighted by molar-refractivity contribution is 6.14. The molecule has 0 amide bonds. The molecule has 0 radical (unpaired) electrons. The standard InChI is InChI=1S/C24H20O2/c1-13-11-19(25)23-17-7-3-15(21(13)23)5-9-18-8-4-16(6-10-17)22-14(2)12-20(26)24(18)22/h3-4,7-8H,1-2,5-6,9-12H2. The maximum atomic E-state index is 12.6. The molecule has 0 saturated carbocycles. The Morgan fingerprint density at radius 2 is 0.846 bits per heavy atom. The summed E-state index contributed by atoms with van der Waals surface area (Å²) in [5.74, 6) is 0.412. The molecule has 0 aliphatic heterocycles. The smallest absolute Gasteiger partial charge is 0.168 e. The lowest BCUT2D eigenvalue weighted by atomic mass is 9.86. The minimum Gasteiger partial charge on any atom is -0.294 e. The fourth-order valence-electron chi connectivity index (χ4n) is 4.94. The van der Waals surface area contributed by atoms with Crippen LogP contribution in [-0.4, -0.2) is 11.6 Å². The van der Waals surface area contributed by atoms with Crippen molar-refractivity contribution in [2.24, 2.45) is 0 Å². The first-order chi connectivity index (χ1) is 12.5. The molecule has 4 bridgehead atoms. The summed E-state index contributed by atoms with van der Waals surface area (Å²) in [6, 6.07) is 8.57. The van der Waals surface area contributed by atoms with Crippen molar-refractivity contribution in [2.45, 2.75) is 38.5 Å². The van der Waals surface area contributed by atoms with Gasteiger partial charge in [0.05, 0.1) is 0 Å². The minimum absolute atomic E-state index is 0.206. The number of carbonyl (C=O) groups excluding carboxylic acids is 2. The summed E-state index contributed by atoms with van der Waals surface area (Å²) >= 11 is 0. The van der Waals surface area contributed by atoms with Crippen LogP contribution in [0.15, 0.2) is 37.4 Å². The zero-order chi connectivity index (χ0) is 18.0. The third kappa shape index (κ3) is 2.05. The van der Waals surface area contributed by atoms with E-state index in [9.17, 15) is 9.59 Å². The van der Waals surface area contributed by atoms with Crippen LogP contribution in [-0.2, 0) is 25.7 Å². The van der Waals surface area contributed by atoms with Crippen LogP contribution >= 0.6 is 0 Å². The average Bonchev–Trinajstić information content (AvgIpc) is 3.07. The van der Waals surface area contributed by atoms with Crippen molar-refractivity contribution in [1.82, 2.24) is 0 Å². The van der Waals surface area contributed by atoms with Gasteiger partial charge in [0.1, 0.15) is 0 Å². The summed E-state index contributed by atoms with van der Waals surface area (Å²) in [6.45, 7) is 8.30. The Morgan fingerprint density at radius 3 is 1.19 bits per heavy atom. The Hall–Kier alpha value is -2.74. The van der Waals surface area contributed by atoms with E-state index in [4.69, 9.17) is 0 Å². The third-order valence-electron chi connectivity index (χ3n) is 6.10. The maximum absolute atomic E-state index is 12.6. The molecule has 128 valence electrons. The Morgan fingerprint density at radius 1 is 0.538 bits per heavy atom. The first kappa shape index (κ1) is 15.5.